The second-order valence-electron chi connectivity index (χ2n) is 4.29. The van der Waals surface area contributed by atoms with Gasteiger partial charge in [-0.3, -0.25) is 14.9 Å². The Hall–Kier alpha value is -2.38. The average molecular weight is 265 g/mol. The van der Waals surface area contributed by atoms with Gasteiger partial charge in [-0.1, -0.05) is 0 Å². The van der Waals surface area contributed by atoms with E-state index in [1.807, 2.05) is 0 Å². The molecule has 1 saturated heterocycles. The third kappa shape index (κ3) is 3.30. The predicted octanol–water partition coefficient (Wildman–Crippen LogP) is 0.722. The van der Waals surface area contributed by atoms with Crippen LogP contribution >= 0.6 is 0 Å². The Labute approximate surface area is 109 Å². The first-order valence-electron chi connectivity index (χ1n) is 5.96. The number of carbonyl (C=O) groups is 1. The molecule has 0 aliphatic carbocycles. The molecule has 1 atom stereocenters. The molecule has 0 saturated carbocycles. The molecule has 2 rings (SSSR count). The zero-order chi connectivity index (χ0) is 13.8. The molecule has 1 aliphatic rings. The van der Waals surface area contributed by atoms with Crippen molar-refractivity contribution in [3.63, 3.8) is 0 Å². The molecule has 102 valence electrons. The second kappa shape index (κ2) is 5.51. The minimum atomic E-state index is -0.467. The van der Waals surface area contributed by atoms with Gasteiger partial charge in [0.15, 0.2) is 0 Å². The molecule has 3 N–H and O–H groups in total. The van der Waals surface area contributed by atoms with Crippen LogP contribution in [0.15, 0.2) is 12.1 Å². The second-order valence-corrected chi connectivity index (χ2v) is 4.29. The van der Waals surface area contributed by atoms with Gasteiger partial charge in [0, 0.05) is 26.1 Å². The van der Waals surface area contributed by atoms with Gasteiger partial charge < -0.3 is 16.0 Å². The van der Waals surface area contributed by atoms with Crippen molar-refractivity contribution >= 4 is 23.2 Å². The van der Waals surface area contributed by atoms with E-state index in [2.05, 4.69) is 20.9 Å². The molecule has 1 amide bonds. The molecule has 1 aromatic rings. The van der Waals surface area contributed by atoms with Gasteiger partial charge in [0.1, 0.15) is 11.6 Å². The number of nitrogens with one attached hydrogen (secondary N) is 3. The van der Waals surface area contributed by atoms with Crippen molar-refractivity contribution in [3.05, 3.63) is 22.2 Å². The van der Waals surface area contributed by atoms with Gasteiger partial charge in [-0.25, -0.2) is 4.98 Å². The summed E-state index contributed by atoms with van der Waals surface area (Å²) in [7, 11) is 1.65. The van der Waals surface area contributed by atoms with E-state index in [0.717, 1.165) is 6.42 Å². The van der Waals surface area contributed by atoms with Crippen LogP contribution in [0.5, 0.6) is 0 Å². The highest BCUT2D eigenvalue weighted by atomic mass is 16.6. The molecule has 1 aromatic heterocycles. The topological polar surface area (TPSA) is 109 Å². The van der Waals surface area contributed by atoms with Gasteiger partial charge in [-0.05, 0) is 6.42 Å². The summed E-state index contributed by atoms with van der Waals surface area (Å²) in [5, 5.41) is 19.4. The fourth-order valence-electron chi connectivity index (χ4n) is 1.90. The van der Waals surface area contributed by atoms with Crippen LogP contribution in [0.1, 0.15) is 12.8 Å². The summed E-state index contributed by atoms with van der Waals surface area (Å²) in [5.41, 5.74) is -0.0303. The van der Waals surface area contributed by atoms with Crippen molar-refractivity contribution in [2.24, 2.45) is 0 Å². The average Bonchev–Trinajstić information content (AvgIpc) is 2.81. The maximum atomic E-state index is 11.1. The number of nitro groups is 1. The normalized spacial score (nSPS) is 17.9. The predicted molar refractivity (Wildman–Crippen MR) is 70.1 cm³/mol. The summed E-state index contributed by atoms with van der Waals surface area (Å²) in [5.74, 6) is 0.876. The van der Waals surface area contributed by atoms with Crippen molar-refractivity contribution < 1.29 is 9.72 Å². The van der Waals surface area contributed by atoms with E-state index < -0.39 is 4.92 Å². The summed E-state index contributed by atoms with van der Waals surface area (Å²) in [4.78, 5) is 25.6. The van der Waals surface area contributed by atoms with E-state index in [1.165, 1.54) is 12.1 Å². The summed E-state index contributed by atoms with van der Waals surface area (Å²) < 4.78 is 0. The molecule has 0 aromatic carbocycles. The maximum absolute atomic E-state index is 11.1. The lowest BCUT2D eigenvalue weighted by Crippen LogP contribution is -2.32. The quantitative estimate of drug-likeness (QED) is 0.534. The molecule has 19 heavy (non-hydrogen) atoms. The summed E-state index contributed by atoms with van der Waals surface area (Å²) in [6.07, 6.45) is 1.29. The molecular weight excluding hydrogens is 250 g/mol. The van der Waals surface area contributed by atoms with Gasteiger partial charge >= 0.3 is 0 Å². The zero-order valence-electron chi connectivity index (χ0n) is 10.5. The van der Waals surface area contributed by atoms with Gasteiger partial charge in [-0.2, -0.15) is 0 Å². The number of aromatic nitrogens is 1. The molecular formula is C11H15N5O3. The van der Waals surface area contributed by atoms with Gasteiger partial charge in [0.25, 0.3) is 5.69 Å². The fraction of sp³-hybridized carbons (Fsp3) is 0.455. The van der Waals surface area contributed by atoms with Crippen molar-refractivity contribution in [1.82, 2.24) is 10.3 Å². The first-order valence-corrected chi connectivity index (χ1v) is 5.96. The summed E-state index contributed by atoms with van der Waals surface area (Å²) in [6, 6.07) is 2.78. The van der Waals surface area contributed by atoms with Crippen LogP contribution in [0.3, 0.4) is 0 Å². The molecule has 0 bridgehead atoms. The Morgan fingerprint density at radius 2 is 2.26 bits per heavy atom. The minimum absolute atomic E-state index is 0.0303. The van der Waals surface area contributed by atoms with E-state index >= 15 is 0 Å². The Bertz CT molecular complexity index is 505. The first-order chi connectivity index (χ1) is 9.08. The number of nitrogens with zero attached hydrogens (tertiary/aromatic N) is 2. The van der Waals surface area contributed by atoms with Gasteiger partial charge in [0.05, 0.1) is 17.1 Å². The molecule has 2 heterocycles. The smallest absolute Gasteiger partial charge is 0.276 e. The van der Waals surface area contributed by atoms with Crippen LogP contribution in [0, 0.1) is 10.1 Å². The molecule has 1 unspecified atom stereocenters. The number of rotatable bonds is 5. The lowest BCUT2D eigenvalue weighted by molar-refractivity contribution is -0.384. The third-order valence-corrected chi connectivity index (χ3v) is 2.89. The lowest BCUT2D eigenvalue weighted by atomic mass is 10.2. The van der Waals surface area contributed by atoms with Crippen molar-refractivity contribution in [2.45, 2.75) is 18.9 Å². The standard InChI is InChI=1S/C11H15N5O3/c1-12-9-4-8(16(18)19)5-10(15-9)13-6-7-2-3-11(17)14-7/h4-5,7H,2-3,6H2,1H3,(H,14,17)(H2,12,13,15). The monoisotopic (exact) mass is 265 g/mol. The minimum Gasteiger partial charge on any atom is -0.373 e. The molecule has 1 aliphatic heterocycles. The molecule has 1 fully saturated rings. The van der Waals surface area contributed by atoms with Crippen LogP contribution in [0.25, 0.3) is 0 Å². The molecule has 0 radical (unpaired) electrons. The van der Waals surface area contributed by atoms with Gasteiger partial charge in [-0.15, -0.1) is 0 Å². The Morgan fingerprint density at radius 1 is 1.53 bits per heavy atom. The number of hydrogen-bond acceptors (Lipinski definition) is 6. The number of hydrogen-bond donors (Lipinski definition) is 3. The largest absolute Gasteiger partial charge is 0.373 e. The van der Waals surface area contributed by atoms with Crippen LogP contribution in [0.4, 0.5) is 17.3 Å². The number of anilines is 2. The number of pyridine rings is 1. The Balaban J connectivity index is 2.04. The third-order valence-electron chi connectivity index (χ3n) is 2.89. The zero-order valence-corrected chi connectivity index (χ0v) is 10.5. The SMILES string of the molecule is CNc1cc([N+](=O)[O-])cc(NCC2CCC(=O)N2)n1. The van der Waals surface area contributed by atoms with Crippen molar-refractivity contribution in [1.29, 1.82) is 0 Å². The fourth-order valence-corrected chi connectivity index (χ4v) is 1.90. The summed E-state index contributed by atoms with van der Waals surface area (Å²) >= 11 is 0. The van der Waals surface area contributed by atoms with Crippen LogP contribution in [-0.4, -0.2) is 35.4 Å². The lowest BCUT2D eigenvalue weighted by Gasteiger charge is -2.12. The highest BCUT2D eigenvalue weighted by Crippen LogP contribution is 2.20. The van der Waals surface area contributed by atoms with E-state index in [-0.39, 0.29) is 17.6 Å². The molecule has 8 nitrogen and oxygen atoms in total. The summed E-state index contributed by atoms with van der Waals surface area (Å²) in [6.45, 7) is 0.503. The van der Waals surface area contributed by atoms with Gasteiger partial charge in [0.2, 0.25) is 5.91 Å². The Kier molecular flexibility index (Phi) is 3.79. The van der Waals surface area contributed by atoms with Crippen LogP contribution in [-0.2, 0) is 4.79 Å². The highest BCUT2D eigenvalue weighted by Gasteiger charge is 2.20. The van der Waals surface area contributed by atoms with E-state index in [0.29, 0.717) is 24.6 Å². The van der Waals surface area contributed by atoms with Crippen molar-refractivity contribution in [2.75, 3.05) is 24.2 Å². The van der Waals surface area contributed by atoms with Crippen LogP contribution < -0.4 is 16.0 Å². The highest BCUT2D eigenvalue weighted by molar-refractivity contribution is 5.78. The van der Waals surface area contributed by atoms with Crippen molar-refractivity contribution in [3.8, 4) is 0 Å². The first kappa shape index (κ1) is 13.1. The molecule has 8 heteroatoms. The van der Waals surface area contributed by atoms with Crippen LogP contribution in [0.2, 0.25) is 0 Å². The Morgan fingerprint density at radius 3 is 2.84 bits per heavy atom. The number of amides is 1. The van der Waals surface area contributed by atoms with E-state index in [1.54, 1.807) is 7.05 Å². The maximum Gasteiger partial charge on any atom is 0.276 e. The molecule has 0 spiro atoms. The number of carbonyl (C=O) groups excluding carboxylic acids is 1. The van der Waals surface area contributed by atoms with E-state index in [4.69, 9.17) is 0 Å². The van der Waals surface area contributed by atoms with E-state index in [9.17, 15) is 14.9 Å².